The quantitative estimate of drug-likeness (QED) is 0.622. The van der Waals surface area contributed by atoms with Crippen LogP contribution in [-0.4, -0.2) is 21.6 Å². The smallest absolute Gasteiger partial charge is 0.230 e. The summed E-state index contributed by atoms with van der Waals surface area (Å²) in [6.07, 6.45) is 0.764. The number of carbonyl (C=O) groups excluding carboxylic acids is 1. The maximum atomic E-state index is 12.9. The standard InChI is InChI=1S/C20H20FN3OS/c1-14-18(11-15-5-3-2-4-6-15)24-20(23-14)26-13-19(25)22-12-16-7-9-17(21)10-8-16/h2-10H,11-13H2,1H3,(H,22,25)(H,23,24). The zero-order valence-corrected chi connectivity index (χ0v) is 15.3. The van der Waals surface area contributed by atoms with Gasteiger partial charge in [0, 0.05) is 18.7 Å². The van der Waals surface area contributed by atoms with E-state index in [4.69, 9.17) is 0 Å². The molecule has 1 heterocycles. The molecule has 0 saturated carbocycles. The van der Waals surface area contributed by atoms with Gasteiger partial charge in [-0.2, -0.15) is 0 Å². The third-order valence-electron chi connectivity index (χ3n) is 3.92. The third-order valence-corrected chi connectivity index (χ3v) is 4.79. The van der Waals surface area contributed by atoms with Gasteiger partial charge in [0.2, 0.25) is 5.91 Å². The number of hydrogen-bond acceptors (Lipinski definition) is 3. The van der Waals surface area contributed by atoms with Crippen molar-refractivity contribution in [3.05, 3.63) is 82.9 Å². The number of aryl methyl sites for hydroxylation is 1. The molecule has 0 bridgehead atoms. The molecule has 0 spiro atoms. The van der Waals surface area contributed by atoms with E-state index in [-0.39, 0.29) is 17.5 Å². The molecule has 1 amide bonds. The van der Waals surface area contributed by atoms with E-state index >= 15 is 0 Å². The Morgan fingerprint density at radius 2 is 1.85 bits per heavy atom. The number of thioether (sulfide) groups is 1. The zero-order chi connectivity index (χ0) is 18.4. The second-order valence-corrected chi connectivity index (χ2v) is 6.93. The lowest BCUT2D eigenvalue weighted by Gasteiger charge is -2.04. The number of halogens is 1. The Labute approximate surface area is 156 Å². The van der Waals surface area contributed by atoms with Gasteiger partial charge in [-0.3, -0.25) is 4.79 Å². The van der Waals surface area contributed by atoms with Crippen molar-refractivity contribution in [2.45, 2.75) is 25.0 Å². The molecule has 134 valence electrons. The van der Waals surface area contributed by atoms with E-state index in [0.717, 1.165) is 28.5 Å². The van der Waals surface area contributed by atoms with Crippen molar-refractivity contribution in [1.82, 2.24) is 15.3 Å². The van der Waals surface area contributed by atoms with Crippen molar-refractivity contribution in [3.63, 3.8) is 0 Å². The van der Waals surface area contributed by atoms with Gasteiger partial charge in [-0.15, -0.1) is 0 Å². The first-order chi connectivity index (χ1) is 12.6. The number of amides is 1. The number of aromatic amines is 1. The van der Waals surface area contributed by atoms with Crippen LogP contribution in [0.15, 0.2) is 59.8 Å². The van der Waals surface area contributed by atoms with E-state index < -0.39 is 0 Å². The van der Waals surface area contributed by atoms with Crippen LogP contribution in [0.3, 0.4) is 0 Å². The van der Waals surface area contributed by atoms with Crippen LogP contribution in [0, 0.1) is 12.7 Å². The third kappa shape index (κ3) is 5.20. The normalized spacial score (nSPS) is 10.7. The van der Waals surface area contributed by atoms with Crippen LogP contribution in [-0.2, 0) is 17.8 Å². The van der Waals surface area contributed by atoms with Crippen LogP contribution in [0.25, 0.3) is 0 Å². The van der Waals surface area contributed by atoms with Crippen molar-refractivity contribution in [2.24, 2.45) is 0 Å². The van der Waals surface area contributed by atoms with Crippen LogP contribution >= 0.6 is 11.8 Å². The van der Waals surface area contributed by atoms with Crippen molar-refractivity contribution < 1.29 is 9.18 Å². The molecule has 2 aromatic carbocycles. The second-order valence-electron chi connectivity index (χ2n) is 5.97. The lowest BCUT2D eigenvalue weighted by molar-refractivity contribution is -0.118. The van der Waals surface area contributed by atoms with E-state index in [0.29, 0.717) is 6.54 Å². The molecule has 26 heavy (non-hydrogen) atoms. The van der Waals surface area contributed by atoms with Gasteiger partial charge in [-0.25, -0.2) is 9.37 Å². The summed E-state index contributed by atoms with van der Waals surface area (Å²) in [6, 6.07) is 16.3. The molecular weight excluding hydrogens is 349 g/mol. The fourth-order valence-corrected chi connectivity index (χ4v) is 3.25. The number of benzene rings is 2. The molecule has 4 nitrogen and oxygen atoms in total. The molecule has 0 fully saturated rings. The molecule has 0 aliphatic carbocycles. The number of nitrogens with zero attached hydrogens (tertiary/aromatic N) is 1. The average Bonchev–Trinajstić information content (AvgIpc) is 3.00. The predicted octanol–water partition coefficient (Wildman–Crippen LogP) is 3.86. The van der Waals surface area contributed by atoms with Gasteiger partial charge in [0.1, 0.15) is 5.82 Å². The molecule has 0 unspecified atom stereocenters. The summed E-state index contributed by atoms with van der Waals surface area (Å²) in [6.45, 7) is 2.38. The van der Waals surface area contributed by atoms with Gasteiger partial charge in [-0.05, 0) is 30.2 Å². The summed E-state index contributed by atoms with van der Waals surface area (Å²) < 4.78 is 12.9. The lowest BCUT2D eigenvalue weighted by atomic mass is 10.1. The molecular formula is C20H20FN3OS. The Kier molecular flexibility index (Phi) is 6.07. The van der Waals surface area contributed by atoms with Crippen molar-refractivity contribution in [2.75, 3.05) is 5.75 Å². The van der Waals surface area contributed by atoms with Crippen LogP contribution in [0.4, 0.5) is 4.39 Å². The zero-order valence-electron chi connectivity index (χ0n) is 14.5. The van der Waals surface area contributed by atoms with Crippen molar-refractivity contribution in [3.8, 4) is 0 Å². The van der Waals surface area contributed by atoms with E-state index in [1.54, 1.807) is 12.1 Å². The summed E-state index contributed by atoms with van der Waals surface area (Å²) in [5.74, 6) is -0.0908. The Morgan fingerprint density at radius 3 is 2.58 bits per heavy atom. The number of imidazole rings is 1. The van der Waals surface area contributed by atoms with Gasteiger partial charge < -0.3 is 10.3 Å². The number of nitrogens with one attached hydrogen (secondary N) is 2. The average molecular weight is 369 g/mol. The minimum absolute atomic E-state index is 0.0852. The SMILES string of the molecule is Cc1[nH]c(SCC(=O)NCc2ccc(F)cc2)nc1Cc1ccccc1. The summed E-state index contributed by atoms with van der Waals surface area (Å²) in [5, 5.41) is 3.57. The summed E-state index contributed by atoms with van der Waals surface area (Å²) in [5.41, 5.74) is 4.08. The van der Waals surface area contributed by atoms with E-state index in [1.807, 2.05) is 25.1 Å². The first kappa shape index (κ1) is 18.2. The van der Waals surface area contributed by atoms with Gasteiger partial charge in [0.25, 0.3) is 0 Å². The predicted molar refractivity (Wildman–Crippen MR) is 102 cm³/mol. The first-order valence-corrected chi connectivity index (χ1v) is 9.32. The van der Waals surface area contributed by atoms with Gasteiger partial charge in [-0.1, -0.05) is 54.2 Å². The Bertz CT molecular complexity index is 863. The van der Waals surface area contributed by atoms with Gasteiger partial charge >= 0.3 is 0 Å². The van der Waals surface area contributed by atoms with Crippen LogP contribution in [0.1, 0.15) is 22.5 Å². The minimum Gasteiger partial charge on any atom is -0.351 e. The number of rotatable bonds is 7. The Morgan fingerprint density at radius 1 is 1.12 bits per heavy atom. The van der Waals surface area contributed by atoms with Crippen molar-refractivity contribution >= 4 is 17.7 Å². The second kappa shape index (κ2) is 8.67. The topological polar surface area (TPSA) is 57.8 Å². The van der Waals surface area contributed by atoms with E-state index in [9.17, 15) is 9.18 Å². The number of H-pyrrole nitrogens is 1. The molecule has 1 aromatic heterocycles. The van der Waals surface area contributed by atoms with Crippen molar-refractivity contribution in [1.29, 1.82) is 0 Å². The highest BCUT2D eigenvalue weighted by Gasteiger charge is 2.10. The number of hydrogen-bond donors (Lipinski definition) is 2. The molecule has 0 aliphatic heterocycles. The molecule has 0 saturated heterocycles. The summed E-state index contributed by atoms with van der Waals surface area (Å²) >= 11 is 1.37. The van der Waals surface area contributed by atoms with E-state index in [2.05, 4.69) is 27.4 Å². The van der Waals surface area contributed by atoms with Crippen LogP contribution in [0.5, 0.6) is 0 Å². The summed E-state index contributed by atoms with van der Waals surface area (Å²) in [7, 11) is 0. The fourth-order valence-electron chi connectivity index (χ4n) is 2.48. The molecule has 2 N–H and O–H groups in total. The Balaban J connectivity index is 1.49. The Hall–Kier alpha value is -2.60. The fraction of sp³-hybridized carbons (Fsp3) is 0.200. The highest BCUT2D eigenvalue weighted by molar-refractivity contribution is 7.99. The van der Waals surface area contributed by atoms with Gasteiger partial charge in [0.05, 0.1) is 11.4 Å². The highest BCUT2D eigenvalue weighted by atomic mass is 32.2. The molecule has 0 atom stereocenters. The van der Waals surface area contributed by atoms with E-state index in [1.165, 1.54) is 29.5 Å². The van der Waals surface area contributed by atoms with Crippen LogP contribution in [0.2, 0.25) is 0 Å². The minimum atomic E-state index is -0.282. The molecule has 3 rings (SSSR count). The maximum absolute atomic E-state index is 12.9. The molecule has 3 aromatic rings. The molecule has 0 aliphatic rings. The maximum Gasteiger partial charge on any atom is 0.230 e. The first-order valence-electron chi connectivity index (χ1n) is 8.33. The van der Waals surface area contributed by atoms with Crippen LogP contribution < -0.4 is 5.32 Å². The number of aromatic nitrogens is 2. The largest absolute Gasteiger partial charge is 0.351 e. The van der Waals surface area contributed by atoms with Gasteiger partial charge in [0.15, 0.2) is 5.16 Å². The summed E-state index contributed by atoms with van der Waals surface area (Å²) in [4.78, 5) is 19.8. The molecule has 6 heteroatoms. The molecule has 0 radical (unpaired) electrons. The lowest BCUT2D eigenvalue weighted by Crippen LogP contribution is -2.24. The highest BCUT2D eigenvalue weighted by Crippen LogP contribution is 2.18. The monoisotopic (exact) mass is 369 g/mol. The number of carbonyl (C=O) groups is 1.